The molecule has 3 N–H and O–H groups in total. The number of nitrogens with two attached hydrogens (primary N) is 1. The number of hydrogen-bond donors (Lipinski definition) is 2. The van der Waals surface area contributed by atoms with Crippen LogP contribution in [0.5, 0.6) is 23.0 Å². The molecule has 2 rings (SSSR count). The maximum absolute atomic E-state index is 5.97. The van der Waals surface area contributed by atoms with E-state index in [1.165, 1.54) is 0 Å². The quantitative estimate of drug-likeness (QED) is 0.365. The topological polar surface area (TPSA) is 87.3 Å². The highest BCUT2D eigenvalue weighted by molar-refractivity contribution is 14.0. The second kappa shape index (κ2) is 10.6. The van der Waals surface area contributed by atoms with Gasteiger partial charge >= 0.3 is 0 Å². The van der Waals surface area contributed by atoms with Crippen LogP contribution in [0, 0.1) is 0 Å². The summed E-state index contributed by atoms with van der Waals surface area (Å²) in [4.78, 5) is 4.35. The van der Waals surface area contributed by atoms with E-state index in [1.54, 1.807) is 40.6 Å². The SMILES string of the molecule is COc1ccc(NC(N)=NCc2cccc(OC)c2OC)cc1OC.I. The van der Waals surface area contributed by atoms with Crippen molar-refractivity contribution in [1.82, 2.24) is 0 Å². The summed E-state index contributed by atoms with van der Waals surface area (Å²) in [7, 11) is 6.35. The van der Waals surface area contributed by atoms with Crippen molar-refractivity contribution in [2.24, 2.45) is 10.7 Å². The van der Waals surface area contributed by atoms with Crippen molar-refractivity contribution in [3.05, 3.63) is 42.0 Å². The third-order valence-corrected chi connectivity index (χ3v) is 3.56. The molecule has 2 aromatic rings. The summed E-state index contributed by atoms with van der Waals surface area (Å²) < 4.78 is 21.1. The number of methoxy groups -OCH3 is 4. The van der Waals surface area contributed by atoms with Gasteiger partial charge in [0.05, 0.1) is 35.0 Å². The summed E-state index contributed by atoms with van der Waals surface area (Å²) in [5, 5.41) is 3.02. The van der Waals surface area contributed by atoms with Crippen molar-refractivity contribution < 1.29 is 18.9 Å². The maximum atomic E-state index is 5.97. The molecular formula is C18H24IN3O4. The molecule has 0 bridgehead atoms. The molecule has 0 saturated carbocycles. The molecule has 142 valence electrons. The fourth-order valence-corrected chi connectivity index (χ4v) is 2.35. The number of benzene rings is 2. The Bertz CT molecular complexity index is 753. The fraction of sp³-hybridized carbons (Fsp3) is 0.278. The van der Waals surface area contributed by atoms with Crippen LogP contribution in [0.4, 0.5) is 5.69 Å². The molecule has 0 fully saturated rings. The van der Waals surface area contributed by atoms with Crippen LogP contribution in [0.15, 0.2) is 41.4 Å². The summed E-state index contributed by atoms with van der Waals surface area (Å²) >= 11 is 0. The number of ether oxygens (including phenoxy) is 4. The fourth-order valence-electron chi connectivity index (χ4n) is 2.35. The van der Waals surface area contributed by atoms with Gasteiger partial charge < -0.3 is 30.0 Å². The van der Waals surface area contributed by atoms with Crippen LogP contribution in [0.3, 0.4) is 0 Å². The first-order valence-corrected chi connectivity index (χ1v) is 7.61. The average molecular weight is 473 g/mol. The second-order valence-corrected chi connectivity index (χ2v) is 5.05. The Balaban J connectivity index is 0.00000338. The van der Waals surface area contributed by atoms with Crippen LogP contribution >= 0.6 is 24.0 Å². The van der Waals surface area contributed by atoms with Crippen molar-refractivity contribution in [2.75, 3.05) is 33.8 Å². The van der Waals surface area contributed by atoms with E-state index in [0.29, 0.717) is 29.5 Å². The number of halogens is 1. The summed E-state index contributed by atoms with van der Waals surface area (Å²) in [6.07, 6.45) is 0. The van der Waals surface area contributed by atoms with Gasteiger partial charge in [0.2, 0.25) is 0 Å². The lowest BCUT2D eigenvalue weighted by molar-refractivity contribution is 0.352. The highest BCUT2D eigenvalue weighted by Gasteiger charge is 2.09. The lowest BCUT2D eigenvalue weighted by Gasteiger charge is -2.12. The zero-order valence-electron chi connectivity index (χ0n) is 15.2. The van der Waals surface area contributed by atoms with Gasteiger partial charge in [0.1, 0.15) is 0 Å². The van der Waals surface area contributed by atoms with Gasteiger partial charge in [-0.1, -0.05) is 12.1 Å². The first kappa shape index (κ1) is 21.7. The summed E-state index contributed by atoms with van der Waals surface area (Å²) in [5.41, 5.74) is 7.59. The van der Waals surface area contributed by atoms with Gasteiger partial charge in [-0.2, -0.15) is 0 Å². The third-order valence-electron chi connectivity index (χ3n) is 3.56. The molecule has 0 unspecified atom stereocenters. The normalized spacial score (nSPS) is 10.5. The molecular weight excluding hydrogens is 449 g/mol. The van der Waals surface area contributed by atoms with Crippen LogP contribution in [-0.2, 0) is 6.54 Å². The third kappa shape index (κ3) is 5.32. The standard InChI is InChI=1S/C18H23N3O4.HI/c1-22-14-9-8-13(10-16(14)24-3)21-18(19)20-11-12-6-5-7-15(23-2)17(12)25-4;/h5-10H,11H2,1-4H3,(H3,19,20,21);1H. The lowest BCUT2D eigenvalue weighted by atomic mass is 10.2. The molecule has 0 radical (unpaired) electrons. The molecule has 0 aliphatic heterocycles. The van der Waals surface area contributed by atoms with Crippen molar-refractivity contribution in [1.29, 1.82) is 0 Å². The molecule has 8 heteroatoms. The Morgan fingerprint density at radius 3 is 2.23 bits per heavy atom. The summed E-state index contributed by atoms with van der Waals surface area (Å²) in [5.74, 6) is 2.82. The Labute approximate surface area is 170 Å². The molecule has 26 heavy (non-hydrogen) atoms. The summed E-state index contributed by atoms with van der Waals surface area (Å²) in [6.45, 7) is 0.354. The minimum Gasteiger partial charge on any atom is -0.493 e. The highest BCUT2D eigenvalue weighted by Crippen LogP contribution is 2.31. The molecule has 2 aromatic carbocycles. The van der Waals surface area contributed by atoms with Crippen LogP contribution in [0.2, 0.25) is 0 Å². The molecule has 0 aliphatic rings. The monoisotopic (exact) mass is 473 g/mol. The molecule has 0 heterocycles. The first-order valence-electron chi connectivity index (χ1n) is 7.61. The van der Waals surface area contributed by atoms with Gasteiger partial charge in [-0.3, -0.25) is 0 Å². The van der Waals surface area contributed by atoms with E-state index in [1.807, 2.05) is 24.3 Å². The first-order chi connectivity index (χ1) is 12.1. The predicted molar refractivity (Wildman–Crippen MR) is 113 cm³/mol. The summed E-state index contributed by atoms with van der Waals surface area (Å²) in [6, 6.07) is 11.0. The van der Waals surface area contributed by atoms with Gasteiger partial charge in [0.15, 0.2) is 29.0 Å². The number of guanidine groups is 1. The number of aliphatic imine (C=N–C) groups is 1. The van der Waals surface area contributed by atoms with E-state index in [-0.39, 0.29) is 29.9 Å². The van der Waals surface area contributed by atoms with Crippen LogP contribution < -0.4 is 30.0 Å². The van der Waals surface area contributed by atoms with Crippen LogP contribution in [-0.4, -0.2) is 34.4 Å². The van der Waals surface area contributed by atoms with Gasteiger partial charge in [0.25, 0.3) is 0 Å². The molecule has 0 atom stereocenters. The second-order valence-electron chi connectivity index (χ2n) is 5.05. The Hall–Kier alpha value is -2.36. The van der Waals surface area contributed by atoms with Gasteiger partial charge in [-0.25, -0.2) is 4.99 Å². The molecule has 0 aromatic heterocycles. The highest BCUT2D eigenvalue weighted by atomic mass is 127. The molecule has 0 aliphatic carbocycles. The minimum absolute atomic E-state index is 0. The van der Waals surface area contributed by atoms with E-state index < -0.39 is 0 Å². The number of rotatable bonds is 7. The Kier molecular flexibility index (Phi) is 8.83. The van der Waals surface area contributed by atoms with E-state index in [4.69, 9.17) is 24.7 Å². The van der Waals surface area contributed by atoms with Crippen LogP contribution in [0.25, 0.3) is 0 Å². The van der Waals surface area contributed by atoms with Crippen molar-refractivity contribution >= 4 is 35.6 Å². The number of nitrogens with one attached hydrogen (secondary N) is 1. The molecule has 7 nitrogen and oxygen atoms in total. The number of para-hydroxylation sites is 1. The minimum atomic E-state index is 0. The smallest absolute Gasteiger partial charge is 0.193 e. The van der Waals surface area contributed by atoms with Gasteiger partial charge in [-0.15, -0.1) is 24.0 Å². The van der Waals surface area contributed by atoms with E-state index in [2.05, 4.69) is 10.3 Å². The van der Waals surface area contributed by atoms with E-state index in [9.17, 15) is 0 Å². The molecule has 0 spiro atoms. The Morgan fingerprint density at radius 2 is 1.62 bits per heavy atom. The van der Waals surface area contributed by atoms with Crippen molar-refractivity contribution in [3.8, 4) is 23.0 Å². The number of hydrogen-bond acceptors (Lipinski definition) is 5. The molecule has 0 saturated heterocycles. The van der Waals surface area contributed by atoms with E-state index >= 15 is 0 Å². The number of anilines is 1. The van der Waals surface area contributed by atoms with Crippen LogP contribution in [0.1, 0.15) is 5.56 Å². The average Bonchev–Trinajstić information content (AvgIpc) is 2.65. The van der Waals surface area contributed by atoms with Gasteiger partial charge in [0, 0.05) is 17.3 Å². The zero-order valence-corrected chi connectivity index (χ0v) is 17.6. The Morgan fingerprint density at radius 1 is 0.923 bits per heavy atom. The van der Waals surface area contributed by atoms with Gasteiger partial charge in [-0.05, 0) is 18.2 Å². The maximum Gasteiger partial charge on any atom is 0.193 e. The van der Waals surface area contributed by atoms with E-state index in [0.717, 1.165) is 11.3 Å². The predicted octanol–water partition coefficient (Wildman–Crippen LogP) is 3.27. The zero-order chi connectivity index (χ0) is 18.2. The van der Waals surface area contributed by atoms with Crippen molar-refractivity contribution in [2.45, 2.75) is 6.54 Å². The molecule has 0 amide bonds. The lowest BCUT2D eigenvalue weighted by Crippen LogP contribution is -2.22. The largest absolute Gasteiger partial charge is 0.493 e. The van der Waals surface area contributed by atoms with Crippen molar-refractivity contribution in [3.63, 3.8) is 0 Å². The number of nitrogens with zero attached hydrogens (tertiary/aromatic N) is 1.